The SMILES string of the molecule is COc1ccccc1CNCCc1cccc(CCO)c1. The number of benzene rings is 2. The number of hydrogen-bond acceptors (Lipinski definition) is 3. The summed E-state index contributed by atoms with van der Waals surface area (Å²) < 4.78 is 5.34. The molecule has 2 rings (SSSR count). The summed E-state index contributed by atoms with van der Waals surface area (Å²) in [6.45, 7) is 1.93. The lowest BCUT2D eigenvalue weighted by Gasteiger charge is -2.10. The summed E-state index contributed by atoms with van der Waals surface area (Å²) in [6, 6.07) is 16.5. The average Bonchev–Trinajstić information content (AvgIpc) is 2.53. The summed E-state index contributed by atoms with van der Waals surface area (Å²) in [5.74, 6) is 0.926. The molecule has 0 aliphatic rings. The third kappa shape index (κ3) is 4.88. The van der Waals surface area contributed by atoms with Gasteiger partial charge in [-0.25, -0.2) is 0 Å². The van der Waals surface area contributed by atoms with Crippen molar-refractivity contribution in [3.8, 4) is 5.75 Å². The Hall–Kier alpha value is -1.84. The van der Waals surface area contributed by atoms with E-state index < -0.39 is 0 Å². The van der Waals surface area contributed by atoms with Crippen LogP contribution >= 0.6 is 0 Å². The van der Waals surface area contributed by atoms with Gasteiger partial charge in [-0.15, -0.1) is 0 Å². The van der Waals surface area contributed by atoms with Crippen LogP contribution in [0.25, 0.3) is 0 Å². The zero-order valence-electron chi connectivity index (χ0n) is 12.5. The fourth-order valence-corrected chi connectivity index (χ4v) is 2.37. The van der Waals surface area contributed by atoms with E-state index in [0.29, 0.717) is 0 Å². The van der Waals surface area contributed by atoms with Crippen molar-refractivity contribution in [2.75, 3.05) is 20.3 Å². The molecule has 0 atom stereocenters. The zero-order valence-corrected chi connectivity index (χ0v) is 12.5. The zero-order chi connectivity index (χ0) is 14.9. The van der Waals surface area contributed by atoms with E-state index in [9.17, 15) is 0 Å². The van der Waals surface area contributed by atoms with Gasteiger partial charge in [0.1, 0.15) is 5.75 Å². The molecule has 0 spiro atoms. The molecule has 2 aromatic carbocycles. The van der Waals surface area contributed by atoms with Crippen molar-refractivity contribution in [1.29, 1.82) is 0 Å². The quantitative estimate of drug-likeness (QED) is 0.732. The predicted octanol–water partition coefficient (Wildman–Crippen LogP) is 2.56. The van der Waals surface area contributed by atoms with Gasteiger partial charge in [0, 0.05) is 18.7 Å². The molecule has 3 heteroatoms. The lowest BCUT2D eigenvalue weighted by molar-refractivity contribution is 0.299. The minimum Gasteiger partial charge on any atom is -0.496 e. The molecule has 3 nitrogen and oxygen atoms in total. The minimum atomic E-state index is 0.204. The van der Waals surface area contributed by atoms with E-state index in [1.165, 1.54) is 16.7 Å². The second kappa shape index (κ2) is 8.45. The first kappa shape index (κ1) is 15.5. The Morgan fingerprint density at radius 3 is 2.52 bits per heavy atom. The Balaban J connectivity index is 1.80. The molecule has 2 aromatic rings. The van der Waals surface area contributed by atoms with Crippen molar-refractivity contribution in [1.82, 2.24) is 5.32 Å². The summed E-state index contributed by atoms with van der Waals surface area (Å²) in [6.07, 6.45) is 1.71. The summed E-state index contributed by atoms with van der Waals surface area (Å²) in [5, 5.41) is 12.4. The highest BCUT2D eigenvalue weighted by molar-refractivity contribution is 5.33. The largest absolute Gasteiger partial charge is 0.496 e. The van der Waals surface area contributed by atoms with Gasteiger partial charge in [-0.3, -0.25) is 0 Å². The number of hydrogen-bond donors (Lipinski definition) is 2. The highest BCUT2D eigenvalue weighted by Crippen LogP contribution is 2.16. The molecule has 0 heterocycles. The normalized spacial score (nSPS) is 10.6. The minimum absolute atomic E-state index is 0.204. The first-order valence-electron chi connectivity index (χ1n) is 7.35. The van der Waals surface area contributed by atoms with Gasteiger partial charge in [0.05, 0.1) is 7.11 Å². The van der Waals surface area contributed by atoms with Gasteiger partial charge in [-0.1, -0.05) is 42.5 Å². The molecule has 0 saturated heterocycles. The van der Waals surface area contributed by atoms with Crippen molar-refractivity contribution < 1.29 is 9.84 Å². The maximum absolute atomic E-state index is 8.98. The van der Waals surface area contributed by atoms with Crippen molar-refractivity contribution in [2.45, 2.75) is 19.4 Å². The Labute approximate surface area is 126 Å². The maximum atomic E-state index is 8.98. The Bertz CT molecular complexity index is 554. The van der Waals surface area contributed by atoms with Crippen LogP contribution in [-0.4, -0.2) is 25.4 Å². The molecular weight excluding hydrogens is 262 g/mol. The number of para-hydroxylation sites is 1. The molecule has 0 fully saturated rings. The Morgan fingerprint density at radius 2 is 1.76 bits per heavy atom. The number of rotatable bonds is 8. The summed E-state index contributed by atoms with van der Waals surface area (Å²) in [5.41, 5.74) is 3.67. The van der Waals surface area contributed by atoms with Crippen LogP contribution in [0.1, 0.15) is 16.7 Å². The monoisotopic (exact) mass is 285 g/mol. The van der Waals surface area contributed by atoms with E-state index in [1.807, 2.05) is 18.2 Å². The van der Waals surface area contributed by atoms with Gasteiger partial charge in [0.2, 0.25) is 0 Å². The smallest absolute Gasteiger partial charge is 0.123 e. The van der Waals surface area contributed by atoms with Gasteiger partial charge in [0.15, 0.2) is 0 Å². The molecule has 112 valence electrons. The Kier molecular flexibility index (Phi) is 6.25. The fraction of sp³-hybridized carbons (Fsp3) is 0.333. The van der Waals surface area contributed by atoms with Crippen LogP contribution in [0.3, 0.4) is 0 Å². The average molecular weight is 285 g/mol. The van der Waals surface area contributed by atoms with Crippen LogP contribution in [-0.2, 0) is 19.4 Å². The molecule has 0 bridgehead atoms. The lowest BCUT2D eigenvalue weighted by atomic mass is 10.1. The number of ether oxygens (including phenoxy) is 1. The highest BCUT2D eigenvalue weighted by atomic mass is 16.5. The van der Waals surface area contributed by atoms with Crippen LogP contribution in [0, 0.1) is 0 Å². The maximum Gasteiger partial charge on any atom is 0.123 e. The van der Waals surface area contributed by atoms with Crippen LogP contribution in [0.15, 0.2) is 48.5 Å². The van der Waals surface area contributed by atoms with Gasteiger partial charge in [-0.05, 0) is 36.6 Å². The molecule has 0 radical (unpaired) electrons. The molecule has 0 aliphatic heterocycles. The number of methoxy groups -OCH3 is 1. The van der Waals surface area contributed by atoms with E-state index >= 15 is 0 Å². The predicted molar refractivity (Wildman–Crippen MR) is 85.6 cm³/mol. The molecule has 0 amide bonds. The van der Waals surface area contributed by atoms with Crippen molar-refractivity contribution in [3.63, 3.8) is 0 Å². The molecule has 21 heavy (non-hydrogen) atoms. The van der Waals surface area contributed by atoms with Crippen LogP contribution in [0.4, 0.5) is 0 Å². The first-order chi connectivity index (χ1) is 10.3. The van der Waals surface area contributed by atoms with E-state index in [4.69, 9.17) is 9.84 Å². The molecule has 0 aliphatic carbocycles. The van der Waals surface area contributed by atoms with Crippen LogP contribution in [0.2, 0.25) is 0 Å². The topological polar surface area (TPSA) is 41.5 Å². The summed E-state index contributed by atoms with van der Waals surface area (Å²) >= 11 is 0. The summed E-state index contributed by atoms with van der Waals surface area (Å²) in [4.78, 5) is 0. The highest BCUT2D eigenvalue weighted by Gasteiger charge is 2.01. The van der Waals surface area contributed by atoms with Gasteiger partial charge in [-0.2, -0.15) is 0 Å². The van der Waals surface area contributed by atoms with Gasteiger partial charge in [0.25, 0.3) is 0 Å². The van der Waals surface area contributed by atoms with Crippen LogP contribution in [0.5, 0.6) is 5.75 Å². The lowest BCUT2D eigenvalue weighted by Crippen LogP contribution is -2.17. The second-order valence-corrected chi connectivity index (χ2v) is 5.03. The molecule has 2 N–H and O–H groups in total. The number of nitrogens with one attached hydrogen (secondary N) is 1. The van der Waals surface area contributed by atoms with Crippen LogP contribution < -0.4 is 10.1 Å². The van der Waals surface area contributed by atoms with Crippen molar-refractivity contribution in [2.24, 2.45) is 0 Å². The van der Waals surface area contributed by atoms with E-state index in [-0.39, 0.29) is 6.61 Å². The van der Waals surface area contributed by atoms with Gasteiger partial charge >= 0.3 is 0 Å². The second-order valence-electron chi connectivity index (χ2n) is 5.03. The van der Waals surface area contributed by atoms with Crippen molar-refractivity contribution >= 4 is 0 Å². The first-order valence-corrected chi connectivity index (χ1v) is 7.35. The number of aliphatic hydroxyl groups is 1. The Morgan fingerprint density at radius 1 is 1.00 bits per heavy atom. The number of aliphatic hydroxyl groups excluding tert-OH is 1. The van der Waals surface area contributed by atoms with Crippen molar-refractivity contribution in [3.05, 3.63) is 65.2 Å². The third-order valence-electron chi connectivity index (χ3n) is 3.49. The van der Waals surface area contributed by atoms with E-state index in [1.54, 1.807) is 7.11 Å². The standard InChI is InChI=1S/C18H23NO2/c1-21-18-8-3-2-7-17(18)14-19-11-9-15-5-4-6-16(13-15)10-12-20/h2-8,13,19-20H,9-12,14H2,1H3. The molecule has 0 unspecified atom stereocenters. The van der Waals surface area contributed by atoms with Gasteiger partial charge < -0.3 is 15.2 Å². The fourth-order valence-electron chi connectivity index (χ4n) is 2.37. The summed E-state index contributed by atoms with van der Waals surface area (Å²) in [7, 11) is 1.70. The molecular formula is C18H23NO2. The van der Waals surface area contributed by atoms with E-state index in [0.717, 1.165) is 31.7 Å². The molecule has 0 aromatic heterocycles. The third-order valence-corrected chi connectivity index (χ3v) is 3.49. The molecule has 0 saturated carbocycles. The van der Waals surface area contributed by atoms with E-state index in [2.05, 4.69) is 35.6 Å².